The van der Waals surface area contributed by atoms with Crippen LogP contribution in [-0.2, 0) is 21.4 Å². The summed E-state index contributed by atoms with van der Waals surface area (Å²) >= 11 is 0. The van der Waals surface area contributed by atoms with Crippen molar-refractivity contribution in [1.82, 2.24) is 24.7 Å². The standard InChI is InChI=1S/C21H23N5O5S/c1-14-6-4-9-17-19(14)22-13-26(21(17)29)11-10-18(27)23-24-20(28)15-7-5-8-16(12-15)32(30,31)25(2)3/h4-9,12-13H,10-11H2,1-3H3,(H,23,27)(H,24,28). The van der Waals surface area contributed by atoms with Crippen LogP contribution in [0, 0.1) is 6.92 Å². The van der Waals surface area contributed by atoms with E-state index in [0.717, 1.165) is 9.87 Å². The first-order chi connectivity index (χ1) is 15.1. The maximum Gasteiger partial charge on any atom is 0.269 e. The van der Waals surface area contributed by atoms with E-state index in [1.54, 1.807) is 12.1 Å². The molecule has 0 aliphatic carbocycles. The molecule has 2 aromatic carbocycles. The predicted octanol–water partition coefficient (Wildman–Crippen LogP) is 0.807. The Morgan fingerprint density at radius 1 is 1.09 bits per heavy atom. The molecular formula is C21H23N5O5S. The molecule has 0 aliphatic heterocycles. The summed E-state index contributed by atoms with van der Waals surface area (Å²) in [6.07, 6.45) is 1.31. The minimum absolute atomic E-state index is 0.0418. The molecule has 1 heterocycles. The van der Waals surface area contributed by atoms with Gasteiger partial charge in [-0.1, -0.05) is 18.2 Å². The van der Waals surface area contributed by atoms with Gasteiger partial charge >= 0.3 is 0 Å². The molecule has 2 N–H and O–H groups in total. The van der Waals surface area contributed by atoms with Crippen LogP contribution < -0.4 is 16.4 Å². The average Bonchev–Trinajstić information content (AvgIpc) is 2.77. The molecule has 0 spiro atoms. The number of para-hydroxylation sites is 1. The van der Waals surface area contributed by atoms with E-state index in [1.807, 2.05) is 13.0 Å². The van der Waals surface area contributed by atoms with Gasteiger partial charge in [0.15, 0.2) is 0 Å². The number of benzene rings is 2. The van der Waals surface area contributed by atoms with E-state index in [2.05, 4.69) is 15.8 Å². The Hall–Kier alpha value is -3.57. The first-order valence-corrected chi connectivity index (χ1v) is 11.1. The van der Waals surface area contributed by atoms with Crippen LogP contribution in [0.2, 0.25) is 0 Å². The molecule has 0 saturated heterocycles. The third-order valence-electron chi connectivity index (χ3n) is 4.83. The minimum atomic E-state index is -3.70. The fourth-order valence-corrected chi connectivity index (χ4v) is 3.94. The van der Waals surface area contributed by atoms with E-state index >= 15 is 0 Å². The van der Waals surface area contributed by atoms with Gasteiger partial charge in [-0.25, -0.2) is 17.7 Å². The Morgan fingerprint density at radius 2 is 1.81 bits per heavy atom. The highest BCUT2D eigenvalue weighted by Crippen LogP contribution is 2.15. The number of hydrogen-bond donors (Lipinski definition) is 2. The molecule has 3 aromatic rings. The molecule has 0 aliphatic rings. The second-order valence-corrected chi connectivity index (χ2v) is 9.43. The zero-order valence-electron chi connectivity index (χ0n) is 17.8. The molecule has 0 unspecified atom stereocenters. The van der Waals surface area contributed by atoms with Gasteiger partial charge < -0.3 is 0 Å². The van der Waals surface area contributed by atoms with E-state index in [-0.39, 0.29) is 29.0 Å². The summed E-state index contributed by atoms with van der Waals surface area (Å²) in [5, 5.41) is 0.466. The first-order valence-electron chi connectivity index (χ1n) is 9.68. The molecule has 11 heteroatoms. The molecule has 0 fully saturated rings. The van der Waals surface area contributed by atoms with Crippen molar-refractivity contribution >= 4 is 32.7 Å². The van der Waals surface area contributed by atoms with Gasteiger partial charge in [0.25, 0.3) is 11.5 Å². The van der Waals surface area contributed by atoms with Gasteiger partial charge in [-0.3, -0.25) is 29.8 Å². The van der Waals surface area contributed by atoms with Gasteiger partial charge in [0.2, 0.25) is 15.9 Å². The molecule has 0 radical (unpaired) electrons. The number of carbonyl (C=O) groups is 2. The predicted molar refractivity (Wildman–Crippen MR) is 118 cm³/mol. The van der Waals surface area contributed by atoms with Crippen molar-refractivity contribution in [3.63, 3.8) is 0 Å². The SMILES string of the molecule is Cc1cccc2c(=O)n(CCC(=O)NNC(=O)c3cccc(S(=O)(=O)N(C)C)c3)cnc12. The van der Waals surface area contributed by atoms with Gasteiger partial charge in [-0.2, -0.15) is 0 Å². The second kappa shape index (κ2) is 9.28. The molecule has 32 heavy (non-hydrogen) atoms. The number of aryl methyl sites for hydroxylation is 2. The number of carbonyl (C=O) groups excluding carboxylic acids is 2. The van der Waals surface area contributed by atoms with E-state index in [0.29, 0.717) is 10.9 Å². The van der Waals surface area contributed by atoms with Crippen LogP contribution in [0.1, 0.15) is 22.3 Å². The van der Waals surface area contributed by atoms with Crippen LogP contribution in [0.4, 0.5) is 0 Å². The summed E-state index contributed by atoms with van der Waals surface area (Å²) < 4.78 is 26.8. The van der Waals surface area contributed by atoms with Crippen molar-refractivity contribution in [2.75, 3.05) is 14.1 Å². The Bertz CT molecular complexity index is 1350. The number of rotatable bonds is 6. The monoisotopic (exact) mass is 457 g/mol. The highest BCUT2D eigenvalue weighted by molar-refractivity contribution is 7.89. The van der Waals surface area contributed by atoms with E-state index in [4.69, 9.17) is 0 Å². The molecule has 2 amide bonds. The third kappa shape index (κ3) is 4.84. The Balaban J connectivity index is 1.61. The Morgan fingerprint density at radius 3 is 2.53 bits per heavy atom. The maximum absolute atomic E-state index is 12.6. The first kappa shape index (κ1) is 23.1. The summed E-state index contributed by atoms with van der Waals surface area (Å²) in [5.41, 5.74) is 5.82. The van der Waals surface area contributed by atoms with E-state index in [9.17, 15) is 22.8 Å². The van der Waals surface area contributed by atoms with Crippen LogP contribution in [-0.4, -0.2) is 48.2 Å². The third-order valence-corrected chi connectivity index (χ3v) is 6.64. The lowest BCUT2D eigenvalue weighted by molar-refractivity contribution is -0.122. The van der Waals surface area contributed by atoms with Crippen molar-refractivity contribution < 1.29 is 18.0 Å². The van der Waals surface area contributed by atoms with Gasteiger partial charge in [0, 0.05) is 32.6 Å². The number of nitrogens with one attached hydrogen (secondary N) is 2. The molecular weight excluding hydrogens is 434 g/mol. The lowest BCUT2D eigenvalue weighted by Crippen LogP contribution is -2.42. The number of sulfonamides is 1. The van der Waals surface area contributed by atoms with Gasteiger partial charge in [0.1, 0.15) is 0 Å². The van der Waals surface area contributed by atoms with Crippen molar-refractivity contribution in [3.8, 4) is 0 Å². The maximum atomic E-state index is 12.6. The van der Waals surface area contributed by atoms with Crippen LogP contribution in [0.15, 0.2) is 58.5 Å². The van der Waals surface area contributed by atoms with Gasteiger partial charge in [-0.15, -0.1) is 0 Å². The Kier molecular flexibility index (Phi) is 6.70. The second-order valence-electron chi connectivity index (χ2n) is 7.28. The molecule has 0 saturated carbocycles. The van der Waals surface area contributed by atoms with Crippen molar-refractivity contribution in [2.45, 2.75) is 24.8 Å². The number of hydrazine groups is 1. The van der Waals surface area contributed by atoms with E-state index < -0.39 is 21.8 Å². The van der Waals surface area contributed by atoms with Gasteiger partial charge in [-0.05, 0) is 36.8 Å². The lowest BCUT2D eigenvalue weighted by atomic mass is 10.1. The normalized spacial score (nSPS) is 11.5. The molecule has 0 bridgehead atoms. The van der Waals surface area contributed by atoms with Crippen LogP contribution in [0.25, 0.3) is 10.9 Å². The number of fused-ring (bicyclic) bond motifs is 1. The highest BCUT2D eigenvalue weighted by Gasteiger charge is 2.19. The number of hydrogen-bond acceptors (Lipinski definition) is 6. The topological polar surface area (TPSA) is 130 Å². The molecule has 168 valence electrons. The zero-order chi connectivity index (χ0) is 23.5. The van der Waals surface area contributed by atoms with Crippen LogP contribution >= 0.6 is 0 Å². The van der Waals surface area contributed by atoms with Crippen molar-refractivity contribution in [2.24, 2.45) is 0 Å². The largest absolute Gasteiger partial charge is 0.298 e. The molecule has 0 atom stereocenters. The smallest absolute Gasteiger partial charge is 0.269 e. The molecule has 3 rings (SSSR count). The van der Waals surface area contributed by atoms with Crippen LogP contribution in [0.5, 0.6) is 0 Å². The summed E-state index contributed by atoms with van der Waals surface area (Å²) in [6, 6.07) is 10.8. The number of nitrogens with zero attached hydrogens (tertiary/aromatic N) is 3. The van der Waals surface area contributed by atoms with Gasteiger partial charge in [0.05, 0.1) is 22.1 Å². The average molecular weight is 458 g/mol. The fourth-order valence-electron chi connectivity index (χ4n) is 2.99. The Labute approximate surface area is 184 Å². The highest BCUT2D eigenvalue weighted by atomic mass is 32.2. The molecule has 10 nitrogen and oxygen atoms in total. The van der Waals surface area contributed by atoms with Crippen LogP contribution in [0.3, 0.4) is 0 Å². The number of aromatic nitrogens is 2. The summed E-state index contributed by atoms with van der Waals surface area (Å²) in [6.45, 7) is 1.94. The number of amides is 2. The van der Waals surface area contributed by atoms with Crippen molar-refractivity contribution in [3.05, 3.63) is 70.3 Å². The lowest BCUT2D eigenvalue weighted by Gasteiger charge is -2.12. The summed E-state index contributed by atoms with van der Waals surface area (Å²) in [7, 11) is -0.921. The van der Waals surface area contributed by atoms with E-state index in [1.165, 1.54) is 49.3 Å². The molecule has 1 aromatic heterocycles. The minimum Gasteiger partial charge on any atom is -0.298 e. The summed E-state index contributed by atoms with van der Waals surface area (Å²) in [4.78, 5) is 41.3. The fraction of sp³-hybridized carbons (Fsp3) is 0.238. The quantitative estimate of drug-likeness (QED) is 0.527. The van der Waals surface area contributed by atoms with Crippen molar-refractivity contribution in [1.29, 1.82) is 0 Å². The summed E-state index contributed by atoms with van der Waals surface area (Å²) in [5.74, 6) is -1.19. The zero-order valence-corrected chi connectivity index (χ0v) is 18.6.